The van der Waals surface area contributed by atoms with Crippen molar-refractivity contribution in [1.82, 2.24) is 4.90 Å². The molecule has 0 N–H and O–H groups in total. The number of anilines is 1. The van der Waals surface area contributed by atoms with Crippen LogP contribution in [0.1, 0.15) is 35.6 Å². The van der Waals surface area contributed by atoms with Crippen LogP contribution in [0.2, 0.25) is 0 Å². The van der Waals surface area contributed by atoms with Gasteiger partial charge in [-0.3, -0.25) is 9.69 Å². The molecule has 4 rings (SSSR count). The molecule has 174 valence electrons. The van der Waals surface area contributed by atoms with E-state index in [4.69, 9.17) is 4.74 Å². The van der Waals surface area contributed by atoms with Crippen LogP contribution in [-0.4, -0.2) is 37.0 Å². The highest BCUT2D eigenvalue weighted by Gasteiger charge is 2.26. The maximum Gasteiger partial charge on any atom is 0.241 e. The van der Waals surface area contributed by atoms with Crippen LogP contribution >= 0.6 is 11.3 Å². The Hall–Kier alpha value is -2.70. The molecule has 0 spiro atoms. The van der Waals surface area contributed by atoms with E-state index < -0.39 is 6.67 Å². The summed E-state index contributed by atoms with van der Waals surface area (Å²) in [7, 11) is 0. The van der Waals surface area contributed by atoms with Gasteiger partial charge in [0.05, 0.1) is 6.54 Å². The largest absolute Gasteiger partial charge is 0.488 e. The molecule has 1 aromatic heterocycles. The molecule has 1 aliphatic heterocycles. The molecule has 2 heterocycles. The molecule has 3 aromatic rings. The Morgan fingerprint density at radius 2 is 1.97 bits per heavy atom. The van der Waals surface area contributed by atoms with Gasteiger partial charge in [0.1, 0.15) is 19.0 Å². The second-order valence-electron chi connectivity index (χ2n) is 8.29. The van der Waals surface area contributed by atoms with Crippen molar-refractivity contribution in [3.63, 3.8) is 0 Å². The van der Waals surface area contributed by atoms with Crippen LogP contribution in [0, 0.1) is 0 Å². The first kappa shape index (κ1) is 23.5. The van der Waals surface area contributed by atoms with Crippen LogP contribution in [0.4, 0.5) is 10.1 Å². The molecule has 0 fully saturated rings. The van der Waals surface area contributed by atoms with E-state index in [9.17, 15) is 9.18 Å². The van der Waals surface area contributed by atoms with Crippen molar-refractivity contribution in [2.24, 2.45) is 0 Å². The molecule has 0 aliphatic carbocycles. The molecule has 0 bridgehead atoms. The molecule has 2 aromatic carbocycles. The minimum atomic E-state index is -0.481. The molecule has 1 aliphatic rings. The summed E-state index contributed by atoms with van der Waals surface area (Å²) in [5, 5.41) is 0. The van der Waals surface area contributed by atoms with Gasteiger partial charge in [0, 0.05) is 22.0 Å². The first-order valence-electron chi connectivity index (χ1n) is 11.6. The quantitative estimate of drug-likeness (QED) is 0.363. The average molecular weight is 467 g/mol. The molecule has 6 heteroatoms. The Labute approximate surface area is 199 Å². The number of benzene rings is 2. The maximum absolute atomic E-state index is 13.6. The summed E-state index contributed by atoms with van der Waals surface area (Å²) in [4.78, 5) is 18.7. The number of amides is 1. The van der Waals surface area contributed by atoms with E-state index in [1.807, 2.05) is 59.5 Å². The number of halogens is 1. The fraction of sp³-hybridized carbons (Fsp3) is 0.370. The van der Waals surface area contributed by atoms with E-state index in [2.05, 4.69) is 18.7 Å². The summed E-state index contributed by atoms with van der Waals surface area (Å²) in [6, 6.07) is 17.9. The minimum absolute atomic E-state index is 0.156. The van der Waals surface area contributed by atoms with Crippen LogP contribution in [-0.2, 0) is 24.5 Å². The Bertz CT molecular complexity index is 1080. The summed E-state index contributed by atoms with van der Waals surface area (Å²) in [6.07, 6.45) is 1.88. The van der Waals surface area contributed by atoms with Crippen molar-refractivity contribution in [2.75, 3.05) is 31.1 Å². The summed E-state index contributed by atoms with van der Waals surface area (Å²) in [5.74, 6) is 0.934. The van der Waals surface area contributed by atoms with E-state index in [1.54, 1.807) is 0 Å². The number of fused-ring (bicyclic) bond motifs is 1. The van der Waals surface area contributed by atoms with E-state index in [-0.39, 0.29) is 5.91 Å². The number of thiophene rings is 1. The number of ether oxygens (including phenoxy) is 1. The fourth-order valence-electron chi connectivity index (χ4n) is 4.34. The number of alkyl halides is 1. The lowest BCUT2D eigenvalue weighted by atomic mass is 10.1. The van der Waals surface area contributed by atoms with Gasteiger partial charge in [-0.25, -0.2) is 4.39 Å². The van der Waals surface area contributed by atoms with Gasteiger partial charge in [0.25, 0.3) is 0 Å². The predicted molar refractivity (Wildman–Crippen MR) is 134 cm³/mol. The van der Waals surface area contributed by atoms with E-state index >= 15 is 0 Å². The van der Waals surface area contributed by atoms with E-state index in [0.29, 0.717) is 19.7 Å². The minimum Gasteiger partial charge on any atom is -0.488 e. The summed E-state index contributed by atoms with van der Waals surface area (Å²) in [6.45, 7) is 7.14. The Kier molecular flexibility index (Phi) is 7.78. The van der Waals surface area contributed by atoms with Gasteiger partial charge < -0.3 is 9.64 Å². The van der Waals surface area contributed by atoms with E-state index in [0.717, 1.165) is 63.8 Å². The third-order valence-corrected chi connectivity index (χ3v) is 7.11. The third kappa shape index (κ3) is 5.45. The maximum atomic E-state index is 13.6. The molecule has 0 saturated heterocycles. The highest BCUT2D eigenvalue weighted by Crippen LogP contribution is 2.34. The van der Waals surface area contributed by atoms with Crippen molar-refractivity contribution >= 4 is 22.9 Å². The summed E-state index contributed by atoms with van der Waals surface area (Å²) in [5.41, 5.74) is 4.09. The Morgan fingerprint density at radius 3 is 2.70 bits per heavy atom. The molecule has 33 heavy (non-hydrogen) atoms. The number of rotatable bonds is 10. The molecular weight excluding hydrogens is 435 g/mol. The van der Waals surface area contributed by atoms with Gasteiger partial charge in [0.15, 0.2) is 0 Å². The smallest absolute Gasteiger partial charge is 0.241 e. The third-order valence-electron chi connectivity index (χ3n) is 6.04. The number of likely N-dealkylation sites (N-methyl/N-ethyl adjacent to an activating group) is 1. The van der Waals surface area contributed by atoms with Crippen LogP contribution in [0.25, 0.3) is 11.1 Å². The van der Waals surface area contributed by atoms with Crippen LogP contribution in [0.5, 0.6) is 5.75 Å². The van der Waals surface area contributed by atoms with Gasteiger partial charge >= 0.3 is 0 Å². The molecule has 4 nitrogen and oxygen atoms in total. The van der Waals surface area contributed by atoms with Gasteiger partial charge in [0.2, 0.25) is 5.91 Å². The lowest BCUT2D eigenvalue weighted by Crippen LogP contribution is -2.39. The molecule has 0 radical (unpaired) electrons. The van der Waals surface area contributed by atoms with Gasteiger partial charge in [-0.1, -0.05) is 44.2 Å². The number of carbonyl (C=O) groups is 1. The normalized spacial score (nSPS) is 12.9. The average Bonchev–Trinajstić information content (AvgIpc) is 3.46. The standard InChI is InChI=1S/C27H31FN2O2S/c1-3-13-29(4-2)18-27(31)30-14-12-21-15-22(10-11-25(21)30)32-19-23-16-24(26(17-28)33-23)20-8-6-5-7-9-20/h5-11,15-16H,3-4,12-14,17-19H2,1-2H3. The first-order valence-corrected chi connectivity index (χ1v) is 12.5. The van der Waals surface area contributed by atoms with Crippen LogP contribution in [0.3, 0.4) is 0 Å². The molecule has 0 atom stereocenters. The summed E-state index contributed by atoms with van der Waals surface area (Å²) < 4.78 is 19.6. The lowest BCUT2D eigenvalue weighted by molar-refractivity contribution is -0.119. The second-order valence-corrected chi connectivity index (χ2v) is 9.51. The monoisotopic (exact) mass is 466 g/mol. The lowest BCUT2D eigenvalue weighted by Gasteiger charge is -2.23. The molecule has 0 saturated carbocycles. The zero-order valence-electron chi connectivity index (χ0n) is 19.4. The number of nitrogens with zero attached hydrogens (tertiary/aromatic N) is 2. The van der Waals surface area contributed by atoms with Crippen molar-refractivity contribution in [3.05, 3.63) is 69.9 Å². The van der Waals surface area contributed by atoms with Gasteiger partial charge in [-0.15, -0.1) is 11.3 Å². The van der Waals surface area contributed by atoms with Crippen LogP contribution in [0.15, 0.2) is 54.6 Å². The summed E-state index contributed by atoms with van der Waals surface area (Å²) >= 11 is 1.46. The Balaban J connectivity index is 1.41. The van der Waals surface area contributed by atoms with Crippen LogP contribution < -0.4 is 9.64 Å². The highest BCUT2D eigenvalue weighted by molar-refractivity contribution is 7.12. The van der Waals surface area contributed by atoms with Crippen molar-refractivity contribution in [1.29, 1.82) is 0 Å². The van der Waals surface area contributed by atoms with Gasteiger partial charge in [-0.05, 0) is 66.9 Å². The van der Waals surface area contributed by atoms with Gasteiger partial charge in [-0.2, -0.15) is 0 Å². The number of hydrogen-bond acceptors (Lipinski definition) is 4. The number of hydrogen-bond donors (Lipinski definition) is 0. The van der Waals surface area contributed by atoms with E-state index in [1.165, 1.54) is 11.3 Å². The fourth-order valence-corrected chi connectivity index (χ4v) is 5.29. The number of carbonyl (C=O) groups excluding carboxylic acids is 1. The molecule has 1 amide bonds. The SMILES string of the molecule is CCCN(CC)CC(=O)N1CCc2cc(OCc3cc(-c4ccccc4)c(CF)s3)ccc21. The zero-order valence-corrected chi connectivity index (χ0v) is 20.2. The molecule has 0 unspecified atom stereocenters. The predicted octanol–water partition coefficient (Wildman–Crippen LogP) is 6.08. The first-order chi connectivity index (χ1) is 16.1. The molecular formula is C27H31FN2O2S. The zero-order chi connectivity index (χ0) is 23.2. The topological polar surface area (TPSA) is 32.8 Å². The van der Waals surface area contributed by atoms with Crippen molar-refractivity contribution in [3.8, 4) is 16.9 Å². The second kappa shape index (κ2) is 10.9. The Morgan fingerprint density at radius 1 is 1.15 bits per heavy atom. The van der Waals surface area contributed by atoms with Crippen molar-refractivity contribution in [2.45, 2.75) is 40.0 Å². The van der Waals surface area contributed by atoms with Crippen molar-refractivity contribution < 1.29 is 13.9 Å². The highest BCUT2D eigenvalue weighted by atomic mass is 32.1.